The number of hydrogen-bond donors (Lipinski definition) is 1. The van der Waals surface area contributed by atoms with Crippen molar-refractivity contribution in [3.63, 3.8) is 0 Å². The number of nitrogens with zero attached hydrogens (tertiary/aromatic N) is 7. The highest BCUT2D eigenvalue weighted by molar-refractivity contribution is 5.99. The molecule has 1 saturated heterocycles. The number of aryl methyl sites for hydroxylation is 2. The normalized spacial score (nSPS) is 16.3. The molecule has 1 amide bonds. The zero-order chi connectivity index (χ0) is 22.5. The zero-order valence-electron chi connectivity index (χ0n) is 18.6. The highest BCUT2D eigenvalue weighted by Crippen LogP contribution is 2.30. The lowest BCUT2D eigenvalue weighted by molar-refractivity contribution is 0.0785. The van der Waals surface area contributed by atoms with Crippen molar-refractivity contribution in [1.82, 2.24) is 39.2 Å². The number of nitrogens with one attached hydrogen (secondary N) is 1. The standard InChI is InChI=1S/C24H24N8O/c1-15-4-3-5-20-18(15)10-21(28-20)24(33)30-9-7-17(11-30)22-6-8-26-23-19(16(2)29-32(22)23)12-31-14-25-13-27-31/h3-6,8,10,13-14,17,28H,7,9,11-12H2,1-2H3. The van der Waals surface area contributed by atoms with Crippen molar-refractivity contribution in [3.8, 4) is 0 Å². The molecule has 9 heteroatoms. The summed E-state index contributed by atoms with van der Waals surface area (Å²) in [5.74, 6) is 0.242. The van der Waals surface area contributed by atoms with Crippen LogP contribution in [0.1, 0.15) is 45.3 Å². The third-order valence-corrected chi connectivity index (χ3v) is 6.64. The quantitative estimate of drug-likeness (QED) is 0.463. The first-order valence-corrected chi connectivity index (χ1v) is 11.1. The Morgan fingerprint density at radius 1 is 1.24 bits per heavy atom. The lowest BCUT2D eigenvalue weighted by Crippen LogP contribution is -2.28. The van der Waals surface area contributed by atoms with Crippen molar-refractivity contribution in [3.05, 3.63) is 77.4 Å². The molecule has 5 heterocycles. The van der Waals surface area contributed by atoms with Crippen LogP contribution in [-0.4, -0.2) is 58.2 Å². The first-order chi connectivity index (χ1) is 16.1. The summed E-state index contributed by atoms with van der Waals surface area (Å²) in [6.45, 7) is 6.00. The Kier molecular flexibility index (Phi) is 4.49. The molecule has 1 unspecified atom stereocenters. The number of amides is 1. The van der Waals surface area contributed by atoms with Gasteiger partial charge in [0, 0.05) is 41.7 Å². The molecule has 1 N–H and O–H groups in total. The molecule has 33 heavy (non-hydrogen) atoms. The van der Waals surface area contributed by atoms with Crippen molar-refractivity contribution in [1.29, 1.82) is 0 Å². The number of carbonyl (C=O) groups is 1. The van der Waals surface area contributed by atoms with Gasteiger partial charge in [-0.3, -0.25) is 4.79 Å². The van der Waals surface area contributed by atoms with Crippen LogP contribution in [0.25, 0.3) is 16.6 Å². The van der Waals surface area contributed by atoms with Crippen molar-refractivity contribution in [2.45, 2.75) is 32.7 Å². The predicted octanol–water partition coefficient (Wildman–Crippen LogP) is 3.10. The number of likely N-dealkylation sites (tertiary alicyclic amines) is 1. The first-order valence-electron chi connectivity index (χ1n) is 11.1. The monoisotopic (exact) mass is 440 g/mol. The Labute approximate surface area is 190 Å². The molecule has 1 aromatic carbocycles. The zero-order valence-corrected chi connectivity index (χ0v) is 18.6. The van der Waals surface area contributed by atoms with Gasteiger partial charge in [-0.25, -0.2) is 19.2 Å². The van der Waals surface area contributed by atoms with Gasteiger partial charge in [0.1, 0.15) is 18.3 Å². The van der Waals surface area contributed by atoms with E-state index >= 15 is 0 Å². The van der Waals surface area contributed by atoms with Crippen LogP contribution in [0, 0.1) is 13.8 Å². The Bertz CT molecular complexity index is 1480. The maximum absolute atomic E-state index is 13.2. The van der Waals surface area contributed by atoms with E-state index < -0.39 is 0 Å². The second-order valence-electron chi connectivity index (χ2n) is 8.72. The number of H-pyrrole nitrogens is 1. The highest BCUT2D eigenvalue weighted by Gasteiger charge is 2.31. The van der Waals surface area contributed by atoms with Gasteiger partial charge in [0.25, 0.3) is 5.91 Å². The second-order valence-corrected chi connectivity index (χ2v) is 8.72. The van der Waals surface area contributed by atoms with Gasteiger partial charge in [0.15, 0.2) is 5.65 Å². The molecule has 1 aliphatic heterocycles. The van der Waals surface area contributed by atoms with Crippen LogP contribution in [0.4, 0.5) is 0 Å². The molecule has 0 radical (unpaired) electrons. The lowest BCUT2D eigenvalue weighted by Gasteiger charge is -2.16. The molecule has 4 aromatic heterocycles. The van der Waals surface area contributed by atoms with E-state index in [0.717, 1.165) is 45.5 Å². The van der Waals surface area contributed by atoms with Crippen molar-refractivity contribution >= 4 is 22.5 Å². The molecular weight excluding hydrogens is 416 g/mol. The van der Waals surface area contributed by atoms with Crippen molar-refractivity contribution in [2.75, 3.05) is 13.1 Å². The fourth-order valence-corrected chi connectivity index (χ4v) is 4.86. The Morgan fingerprint density at radius 3 is 2.97 bits per heavy atom. The number of fused-ring (bicyclic) bond motifs is 2. The second kappa shape index (κ2) is 7.54. The SMILES string of the molecule is Cc1nn2c(C3CCN(C(=O)c4cc5c(C)cccc5[nH]4)C3)ccnc2c1Cn1cncn1. The fourth-order valence-electron chi connectivity index (χ4n) is 4.86. The molecule has 9 nitrogen and oxygen atoms in total. The molecule has 166 valence electrons. The largest absolute Gasteiger partial charge is 0.351 e. The van der Waals surface area contributed by atoms with Crippen LogP contribution in [0.15, 0.2) is 49.2 Å². The van der Waals surface area contributed by atoms with E-state index in [1.807, 2.05) is 46.8 Å². The number of benzene rings is 1. The third kappa shape index (κ3) is 3.27. The smallest absolute Gasteiger partial charge is 0.270 e. The van der Waals surface area contributed by atoms with Gasteiger partial charge in [-0.1, -0.05) is 12.1 Å². The highest BCUT2D eigenvalue weighted by atomic mass is 16.2. The summed E-state index contributed by atoms with van der Waals surface area (Å²) >= 11 is 0. The molecule has 1 aliphatic rings. The summed E-state index contributed by atoms with van der Waals surface area (Å²) in [5, 5.41) is 10.1. The van der Waals surface area contributed by atoms with E-state index in [-0.39, 0.29) is 11.8 Å². The molecule has 0 saturated carbocycles. The van der Waals surface area contributed by atoms with Gasteiger partial charge in [-0.15, -0.1) is 0 Å². The Hall–Kier alpha value is -4.01. The van der Waals surface area contributed by atoms with E-state index in [9.17, 15) is 4.79 Å². The number of rotatable bonds is 4. The van der Waals surface area contributed by atoms with Crippen LogP contribution < -0.4 is 0 Å². The van der Waals surface area contributed by atoms with Crippen LogP contribution in [0.3, 0.4) is 0 Å². The molecule has 5 aromatic rings. The molecule has 6 rings (SSSR count). The first kappa shape index (κ1) is 19.7. The van der Waals surface area contributed by atoms with Crippen LogP contribution in [-0.2, 0) is 6.54 Å². The van der Waals surface area contributed by atoms with Gasteiger partial charge in [-0.2, -0.15) is 10.2 Å². The number of aromatic amines is 1. The van der Waals surface area contributed by atoms with Crippen LogP contribution in [0.2, 0.25) is 0 Å². The van der Waals surface area contributed by atoms with Gasteiger partial charge in [-0.05, 0) is 44.0 Å². The topological polar surface area (TPSA) is 97.0 Å². The van der Waals surface area contributed by atoms with E-state index in [0.29, 0.717) is 25.3 Å². The molecule has 0 aliphatic carbocycles. The van der Waals surface area contributed by atoms with E-state index in [2.05, 4.69) is 33.0 Å². The van der Waals surface area contributed by atoms with Crippen LogP contribution >= 0.6 is 0 Å². The van der Waals surface area contributed by atoms with E-state index in [4.69, 9.17) is 5.10 Å². The lowest BCUT2D eigenvalue weighted by atomic mass is 10.0. The van der Waals surface area contributed by atoms with Gasteiger partial charge in [0.2, 0.25) is 0 Å². The summed E-state index contributed by atoms with van der Waals surface area (Å²) in [7, 11) is 0. The Morgan fingerprint density at radius 2 is 2.15 bits per heavy atom. The minimum Gasteiger partial charge on any atom is -0.351 e. The number of hydrogen-bond acceptors (Lipinski definition) is 5. The Balaban J connectivity index is 1.28. The summed E-state index contributed by atoms with van der Waals surface area (Å²) in [5.41, 5.74) is 6.66. The van der Waals surface area contributed by atoms with E-state index in [1.54, 1.807) is 11.0 Å². The fraction of sp³-hybridized carbons (Fsp3) is 0.292. The minimum absolute atomic E-state index is 0.0434. The van der Waals surface area contributed by atoms with E-state index in [1.165, 1.54) is 6.33 Å². The van der Waals surface area contributed by atoms with Crippen LogP contribution in [0.5, 0.6) is 0 Å². The molecule has 1 atom stereocenters. The molecular formula is C24H24N8O. The van der Waals surface area contributed by atoms with Crippen molar-refractivity contribution in [2.24, 2.45) is 0 Å². The molecule has 0 bridgehead atoms. The average molecular weight is 441 g/mol. The average Bonchev–Trinajstić information content (AvgIpc) is 3.61. The van der Waals surface area contributed by atoms with Gasteiger partial charge < -0.3 is 9.88 Å². The predicted molar refractivity (Wildman–Crippen MR) is 123 cm³/mol. The summed E-state index contributed by atoms with van der Waals surface area (Å²) < 4.78 is 3.71. The molecule has 1 fully saturated rings. The maximum atomic E-state index is 13.2. The maximum Gasteiger partial charge on any atom is 0.270 e. The summed E-state index contributed by atoms with van der Waals surface area (Å²) in [4.78, 5) is 27.1. The molecule has 0 spiro atoms. The number of carbonyl (C=O) groups excluding carboxylic acids is 1. The van der Waals surface area contributed by atoms with Gasteiger partial charge in [0.05, 0.1) is 17.9 Å². The summed E-state index contributed by atoms with van der Waals surface area (Å²) in [6, 6.07) is 10.1. The number of aromatic nitrogens is 7. The minimum atomic E-state index is 0.0434. The summed E-state index contributed by atoms with van der Waals surface area (Å²) in [6.07, 6.45) is 5.94. The van der Waals surface area contributed by atoms with Gasteiger partial charge >= 0.3 is 0 Å². The van der Waals surface area contributed by atoms with Crippen molar-refractivity contribution < 1.29 is 4.79 Å². The third-order valence-electron chi connectivity index (χ3n) is 6.64.